The molecule has 2 aromatic carbocycles. The third-order valence-electron chi connectivity index (χ3n) is 6.34. The van der Waals surface area contributed by atoms with Gasteiger partial charge in [-0.15, -0.1) is 0 Å². The van der Waals surface area contributed by atoms with E-state index < -0.39 is 0 Å². The summed E-state index contributed by atoms with van der Waals surface area (Å²) in [6, 6.07) is 12.3. The fourth-order valence-corrected chi connectivity index (χ4v) is 4.82. The van der Waals surface area contributed by atoms with Crippen molar-refractivity contribution in [2.24, 2.45) is 7.05 Å². The van der Waals surface area contributed by atoms with Crippen molar-refractivity contribution < 1.29 is 0 Å². The molecular formula is C25H25N7O. The Kier molecular flexibility index (Phi) is 4.38. The molecule has 6 rings (SSSR count). The van der Waals surface area contributed by atoms with Gasteiger partial charge in [-0.2, -0.15) is 10.2 Å². The Hall–Kier alpha value is -3.91. The summed E-state index contributed by atoms with van der Waals surface area (Å²) in [5, 5.41) is 13.7. The van der Waals surface area contributed by atoms with Crippen LogP contribution >= 0.6 is 0 Å². The van der Waals surface area contributed by atoms with Crippen LogP contribution in [0.1, 0.15) is 22.4 Å². The van der Waals surface area contributed by atoms with Gasteiger partial charge in [0.2, 0.25) is 0 Å². The zero-order valence-corrected chi connectivity index (χ0v) is 18.9. The molecule has 0 spiro atoms. The van der Waals surface area contributed by atoms with Gasteiger partial charge in [0.05, 0.1) is 28.8 Å². The van der Waals surface area contributed by atoms with Crippen molar-refractivity contribution >= 4 is 10.9 Å². The Balaban J connectivity index is 1.54. The predicted molar refractivity (Wildman–Crippen MR) is 128 cm³/mol. The van der Waals surface area contributed by atoms with Crippen molar-refractivity contribution in [2.75, 3.05) is 6.54 Å². The Bertz CT molecular complexity index is 1560. The molecule has 0 bridgehead atoms. The van der Waals surface area contributed by atoms with Crippen LogP contribution in [0.25, 0.3) is 28.1 Å². The summed E-state index contributed by atoms with van der Waals surface area (Å²) in [6.45, 7) is 5.74. The number of benzene rings is 2. The number of rotatable bonds is 3. The minimum absolute atomic E-state index is 0.128. The molecule has 8 heteroatoms. The maximum atomic E-state index is 13.7. The summed E-state index contributed by atoms with van der Waals surface area (Å²) in [6.07, 6.45) is 6.31. The Labute approximate surface area is 190 Å². The fourth-order valence-electron chi connectivity index (χ4n) is 4.82. The molecule has 3 aromatic heterocycles. The van der Waals surface area contributed by atoms with Crippen molar-refractivity contribution in [1.29, 1.82) is 0 Å². The third kappa shape index (κ3) is 3.14. The van der Waals surface area contributed by atoms with Crippen molar-refractivity contribution in [3.63, 3.8) is 0 Å². The van der Waals surface area contributed by atoms with Gasteiger partial charge in [-0.1, -0.05) is 6.07 Å². The molecule has 0 saturated heterocycles. The summed E-state index contributed by atoms with van der Waals surface area (Å²) in [4.78, 5) is 13.7. The Morgan fingerprint density at radius 3 is 2.58 bits per heavy atom. The van der Waals surface area contributed by atoms with Crippen LogP contribution in [0.4, 0.5) is 0 Å². The molecule has 0 radical (unpaired) electrons. The van der Waals surface area contributed by atoms with Gasteiger partial charge in [0.1, 0.15) is 5.82 Å². The minimum Gasteiger partial charge on any atom is -0.312 e. The summed E-state index contributed by atoms with van der Waals surface area (Å²) in [5.41, 5.74) is 7.12. The maximum absolute atomic E-state index is 13.7. The number of aromatic nitrogens is 6. The fraction of sp³-hybridized carbons (Fsp3) is 0.240. The van der Waals surface area contributed by atoms with Crippen molar-refractivity contribution in [2.45, 2.75) is 26.8 Å². The van der Waals surface area contributed by atoms with Gasteiger partial charge >= 0.3 is 5.69 Å². The zero-order valence-electron chi connectivity index (χ0n) is 18.9. The number of hydrogen-bond acceptors (Lipinski definition) is 4. The molecule has 1 N–H and O–H groups in total. The van der Waals surface area contributed by atoms with Crippen LogP contribution in [0.5, 0.6) is 0 Å². The second-order valence-corrected chi connectivity index (χ2v) is 8.77. The molecule has 0 atom stereocenters. The van der Waals surface area contributed by atoms with E-state index in [4.69, 9.17) is 5.10 Å². The molecule has 8 nitrogen and oxygen atoms in total. The molecule has 33 heavy (non-hydrogen) atoms. The largest absolute Gasteiger partial charge is 0.338 e. The van der Waals surface area contributed by atoms with Crippen molar-refractivity contribution in [3.8, 4) is 17.2 Å². The van der Waals surface area contributed by atoms with E-state index in [0.29, 0.717) is 6.54 Å². The number of nitrogens with one attached hydrogen (secondary N) is 1. The molecule has 1 aliphatic heterocycles. The maximum Gasteiger partial charge on any atom is 0.338 e. The van der Waals surface area contributed by atoms with E-state index in [-0.39, 0.29) is 5.69 Å². The number of fused-ring (bicyclic) bond motifs is 2. The smallest absolute Gasteiger partial charge is 0.312 e. The standard InChI is InChI=1S/C25H25N7O/c1-16-10-17(2)12-20(11-16)32-24(21-15-26-7-6-22(21)28-32)31-9-8-30(25(31)33)19-4-5-23-18(13-19)14-27-29(23)3/h4-5,8-14,26H,6-7,15H2,1-3H3. The van der Waals surface area contributed by atoms with Crippen LogP contribution < -0.4 is 11.0 Å². The van der Waals surface area contributed by atoms with Crippen LogP contribution in [0.2, 0.25) is 0 Å². The normalized spacial score (nSPS) is 13.5. The SMILES string of the molecule is Cc1cc(C)cc(-n2nc3c(c2-n2ccn(-c4ccc5c(cnn5C)c4)c2=O)CNCC3)c1. The molecule has 0 saturated carbocycles. The monoisotopic (exact) mass is 439 g/mol. The van der Waals surface area contributed by atoms with Crippen LogP contribution in [0.3, 0.4) is 0 Å². The topological polar surface area (TPSA) is 74.6 Å². The van der Waals surface area contributed by atoms with Crippen molar-refractivity contribution in [1.82, 2.24) is 34.0 Å². The van der Waals surface area contributed by atoms with Crippen LogP contribution in [0.15, 0.2) is 59.8 Å². The van der Waals surface area contributed by atoms with E-state index in [2.05, 4.69) is 42.5 Å². The van der Waals surface area contributed by atoms with E-state index in [1.165, 1.54) is 0 Å². The van der Waals surface area contributed by atoms with Gasteiger partial charge in [0, 0.05) is 49.9 Å². The second kappa shape index (κ2) is 7.31. The Morgan fingerprint density at radius 2 is 1.76 bits per heavy atom. The minimum atomic E-state index is -0.128. The average Bonchev–Trinajstić information content (AvgIpc) is 3.47. The highest BCUT2D eigenvalue weighted by Crippen LogP contribution is 2.26. The molecule has 4 heterocycles. The first kappa shape index (κ1) is 19.8. The first-order valence-electron chi connectivity index (χ1n) is 11.1. The lowest BCUT2D eigenvalue weighted by Gasteiger charge is -2.14. The molecule has 5 aromatic rings. The van der Waals surface area contributed by atoms with Gasteiger partial charge in [-0.25, -0.2) is 9.48 Å². The van der Waals surface area contributed by atoms with E-state index in [1.54, 1.807) is 9.13 Å². The van der Waals surface area contributed by atoms with E-state index >= 15 is 0 Å². The molecule has 0 amide bonds. The first-order valence-corrected chi connectivity index (χ1v) is 11.1. The Morgan fingerprint density at radius 1 is 0.970 bits per heavy atom. The lowest BCUT2D eigenvalue weighted by molar-refractivity contribution is 0.634. The highest BCUT2D eigenvalue weighted by atomic mass is 16.1. The lowest BCUT2D eigenvalue weighted by atomic mass is 10.1. The van der Waals surface area contributed by atoms with Crippen LogP contribution in [-0.2, 0) is 20.0 Å². The predicted octanol–water partition coefficient (Wildman–Crippen LogP) is 2.96. The molecular weight excluding hydrogens is 414 g/mol. The zero-order chi connectivity index (χ0) is 22.7. The summed E-state index contributed by atoms with van der Waals surface area (Å²) < 4.78 is 7.14. The number of hydrogen-bond donors (Lipinski definition) is 1. The van der Waals surface area contributed by atoms with Gasteiger partial charge in [-0.3, -0.25) is 13.8 Å². The second-order valence-electron chi connectivity index (χ2n) is 8.77. The molecule has 0 unspecified atom stereocenters. The average molecular weight is 440 g/mol. The number of nitrogens with zero attached hydrogens (tertiary/aromatic N) is 6. The van der Waals surface area contributed by atoms with Gasteiger partial charge in [0.25, 0.3) is 0 Å². The number of aryl methyl sites for hydroxylation is 3. The van der Waals surface area contributed by atoms with E-state index in [9.17, 15) is 4.79 Å². The number of imidazole rings is 1. The quantitative estimate of drug-likeness (QED) is 0.469. The molecule has 0 fully saturated rings. The summed E-state index contributed by atoms with van der Waals surface area (Å²) >= 11 is 0. The lowest BCUT2D eigenvalue weighted by Crippen LogP contribution is -2.27. The highest BCUT2D eigenvalue weighted by molar-refractivity contribution is 5.80. The van der Waals surface area contributed by atoms with Gasteiger partial charge in [-0.05, 0) is 55.3 Å². The van der Waals surface area contributed by atoms with E-state index in [0.717, 1.165) is 63.4 Å². The van der Waals surface area contributed by atoms with Gasteiger partial charge < -0.3 is 5.32 Å². The summed E-state index contributed by atoms with van der Waals surface area (Å²) in [5.74, 6) is 0.799. The molecule has 166 valence electrons. The van der Waals surface area contributed by atoms with Crippen LogP contribution in [0, 0.1) is 13.8 Å². The molecule has 0 aliphatic carbocycles. The third-order valence-corrected chi connectivity index (χ3v) is 6.34. The van der Waals surface area contributed by atoms with Gasteiger partial charge in [0.15, 0.2) is 0 Å². The molecule has 1 aliphatic rings. The van der Waals surface area contributed by atoms with Crippen LogP contribution in [-0.4, -0.2) is 35.2 Å². The highest BCUT2D eigenvalue weighted by Gasteiger charge is 2.24. The van der Waals surface area contributed by atoms with E-state index in [1.807, 2.05) is 53.2 Å². The van der Waals surface area contributed by atoms with Crippen molar-refractivity contribution in [3.05, 3.63) is 87.9 Å². The first-order chi connectivity index (χ1) is 16.0. The summed E-state index contributed by atoms with van der Waals surface area (Å²) in [7, 11) is 1.91.